The Morgan fingerprint density at radius 2 is 2.10 bits per heavy atom. The Balaban J connectivity index is 2.11. The third kappa shape index (κ3) is 2.30. The first kappa shape index (κ1) is 8.06. The molecule has 0 aromatic rings. The van der Waals surface area contributed by atoms with Crippen molar-refractivity contribution < 1.29 is 0 Å². The molecular formula is C9H19N. The molecule has 0 aliphatic heterocycles. The van der Waals surface area contributed by atoms with Crippen LogP contribution in [0.4, 0.5) is 0 Å². The summed E-state index contributed by atoms with van der Waals surface area (Å²) in [6, 6.07) is 0.720. The summed E-state index contributed by atoms with van der Waals surface area (Å²) in [5.41, 5.74) is 0.710. The second-order valence-corrected chi connectivity index (χ2v) is 3.97. The van der Waals surface area contributed by atoms with Gasteiger partial charge >= 0.3 is 0 Å². The second-order valence-electron chi connectivity index (χ2n) is 3.97. The molecule has 1 rings (SSSR count). The molecule has 1 heteroatoms. The van der Waals surface area contributed by atoms with Gasteiger partial charge in [0, 0.05) is 6.04 Å². The van der Waals surface area contributed by atoms with Crippen molar-refractivity contribution in [3.8, 4) is 0 Å². The standard InChI is InChI=1S/C9H19N/c1-4-10-8(2)7-9(3)5-6-9/h8,10H,4-7H2,1-3H3. The number of hydrogen-bond acceptors (Lipinski definition) is 1. The smallest absolute Gasteiger partial charge is 0.00437 e. The molecule has 1 unspecified atom stereocenters. The molecular weight excluding hydrogens is 122 g/mol. The van der Waals surface area contributed by atoms with E-state index in [1.807, 2.05) is 0 Å². The molecule has 1 saturated carbocycles. The molecule has 1 N–H and O–H groups in total. The summed E-state index contributed by atoms with van der Waals surface area (Å²) < 4.78 is 0. The molecule has 0 heterocycles. The Bertz CT molecular complexity index is 105. The fourth-order valence-electron chi connectivity index (χ4n) is 1.58. The quantitative estimate of drug-likeness (QED) is 0.632. The van der Waals surface area contributed by atoms with Crippen LogP contribution in [0.15, 0.2) is 0 Å². The van der Waals surface area contributed by atoms with Gasteiger partial charge in [0.15, 0.2) is 0 Å². The Morgan fingerprint density at radius 3 is 2.50 bits per heavy atom. The highest BCUT2D eigenvalue weighted by atomic mass is 14.9. The Morgan fingerprint density at radius 1 is 1.50 bits per heavy atom. The zero-order chi connectivity index (χ0) is 7.61. The molecule has 10 heavy (non-hydrogen) atoms. The van der Waals surface area contributed by atoms with Gasteiger partial charge in [0.2, 0.25) is 0 Å². The molecule has 60 valence electrons. The van der Waals surface area contributed by atoms with Gasteiger partial charge in [0.25, 0.3) is 0 Å². The highest BCUT2D eigenvalue weighted by Crippen LogP contribution is 2.48. The lowest BCUT2D eigenvalue weighted by molar-refractivity contribution is 0.413. The summed E-state index contributed by atoms with van der Waals surface area (Å²) in [6.45, 7) is 7.96. The third-order valence-electron chi connectivity index (χ3n) is 2.46. The Labute approximate surface area is 64.2 Å². The van der Waals surface area contributed by atoms with Crippen LogP contribution in [0.1, 0.15) is 40.0 Å². The molecule has 0 radical (unpaired) electrons. The fourth-order valence-corrected chi connectivity index (χ4v) is 1.58. The first-order valence-electron chi connectivity index (χ1n) is 4.40. The van der Waals surface area contributed by atoms with Crippen LogP contribution in [0.3, 0.4) is 0 Å². The minimum Gasteiger partial charge on any atom is -0.315 e. The van der Waals surface area contributed by atoms with Gasteiger partial charge < -0.3 is 5.32 Å². The van der Waals surface area contributed by atoms with Crippen molar-refractivity contribution in [2.75, 3.05) is 6.54 Å². The van der Waals surface area contributed by atoms with E-state index in [4.69, 9.17) is 0 Å². The van der Waals surface area contributed by atoms with E-state index >= 15 is 0 Å². The van der Waals surface area contributed by atoms with Crippen molar-refractivity contribution in [3.63, 3.8) is 0 Å². The molecule has 0 bridgehead atoms. The lowest BCUT2D eigenvalue weighted by Crippen LogP contribution is -2.27. The van der Waals surface area contributed by atoms with Crippen LogP contribution in [0, 0.1) is 5.41 Å². The van der Waals surface area contributed by atoms with Crippen LogP contribution in [-0.2, 0) is 0 Å². The first-order chi connectivity index (χ1) is 4.66. The van der Waals surface area contributed by atoms with E-state index in [-0.39, 0.29) is 0 Å². The lowest BCUT2D eigenvalue weighted by atomic mass is 10.0. The molecule has 0 saturated heterocycles. The van der Waals surface area contributed by atoms with Crippen molar-refractivity contribution >= 4 is 0 Å². The molecule has 1 aliphatic carbocycles. The molecule has 1 nitrogen and oxygen atoms in total. The molecule has 1 aliphatic rings. The summed E-state index contributed by atoms with van der Waals surface area (Å²) in [6.07, 6.45) is 4.26. The van der Waals surface area contributed by atoms with Gasteiger partial charge in [-0.3, -0.25) is 0 Å². The van der Waals surface area contributed by atoms with Gasteiger partial charge in [-0.05, 0) is 38.1 Å². The zero-order valence-corrected chi connectivity index (χ0v) is 7.41. The van der Waals surface area contributed by atoms with Crippen LogP contribution in [0.2, 0.25) is 0 Å². The van der Waals surface area contributed by atoms with Gasteiger partial charge in [-0.2, -0.15) is 0 Å². The maximum atomic E-state index is 3.44. The Kier molecular flexibility index (Phi) is 2.35. The van der Waals surface area contributed by atoms with Gasteiger partial charge in [0.05, 0.1) is 0 Å². The maximum Gasteiger partial charge on any atom is 0.00437 e. The summed E-state index contributed by atoms with van der Waals surface area (Å²) >= 11 is 0. The third-order valence-corrected chi connectivity index (χ3v) is 2.46. The van der Waals surface area contributed by atoms with Gasteiger partial charge in [-0.15, -0.1) is 0 Å². The monoisotopic (exact) mass is 141 g/mol. The van der Waals surface area contributed by atoms with Crippen LogP contribution >= 0.6 is 0 Å². The van der Waals surface area contributed by atoms with E-state index < -0.39 is 0 Å². The molecule has 1 atom stereocenters. The van der Waals surface area contributed by atoms with E-state index in [0.717, 1.165) is 12.6 Å². The number of nitrogens with one attached hydrogen (secondary N) is 1. The van der Waals surface area contributed by atoms with Crippen molar-refractivity contribution in [2.45, 2.75) is 46.1 Å². The molecule has 0 aromatic carbocycles. The van der Waals surface area contributed by atoms with Crippen LogP contribution in [0.25, 0.3) is 0 Å². The highest BCUT2D eigenvalue weighted by Gasteiger charge is 2.37. The van der Waals surface area contributed by atoms with Gasteiger partial charge in [-0.1, -0.05) is 13.8 Å². The van der Waals surface area contributed by atoms with Crippen LogP contribution in [-0.4, -0.2) is 12.6 Å². The van der Waals surface area contributed by atoms with E-state index in [9.17, 15) is 0 Å². The van der Waals surface area contributed by atoms with Crippen LogP contribution in [0.5, 0.6) is 0 Å². The van der Waals surface area contributed by atoms with Crippen molar-refractivity contribution in [1.82, 2.24) is 5.32 Å². The summed E-state index contributed by atoms with van der Waals surface area (Å²) in [5, 5.41) is 3.44. The van der Waals surface area contributed by atoms with E-state index in [0.29, 0.717) is 5.41 Å². The van der Waals surface area contributed by atoms with Crippen molar-refractivity contribution in [2.24, 2.45) is 5.41 Å². The minimum absolute atomic E-state index is 0.710. The minimum atomic E-state index is 0.710. The summed E-state index contributed by atoms with van der Waals surface area (Å²) in [5.74, 6) is 0. The van der Waals surface area contributed by atoms with Crippen molar-refractivity contribution in [3.05, 3.63) is 0 Å². The topological polar surface area (TPSA) is 12.0 Å². The highest BCUT2D eigenvalue weighted by molar-refractivity contribution is 4.90. The normalized spacial score (nSPS) is 24.3. The zero-order valence-electron chi connectivity index (χ0n) is 7.41. The van der Waals surface area contributed by atoms with E-state index in [1.165, 1.54) is 19.3 Å². The lowest BCUT2D eigenvalue weighted by Gasteiger charge is -2.16. The molecule has 0 aromatic heterocycles. The molecule has 0 spiro atoms. The predicted molar refractivity (Wildman–Crippen MR) is 45.1 cm³/mol. The average Bonchev–Trinajstić information content (AvgIpc) is 2.48. The SMILES string of the molecule is CCNC(C)CC1(C)CC1. The number of hydrogen-bond donors (Lipinski definition) is 1. The maximum absolute atomic E-state index is 3.44. The summed E-state index contributed by atoms with van der Waals surface area (Å²) in [4.78, 5) is 0. The molecule has 0 amide bonds. The average molecular weight is 141 g/mol. The molecule has 1 fully saturated rings. The Hall–Kier alpha value is -0.0400. The largest absolute Gasteiger partial charge is 0.315 e. The van der Waals surface area contributed by atoms with Crippen LogP contribution < -0.4 is 5.32 Å². The van der Waals surface area contributed by atoms with E-state index in [2.05, 4.69) is 26.1 Å². The van der Waals surface area contributed by atoms with E-state index in [1.54, 1.807) is 0 Å². The second kappa shape index (κ2) is 2.91. The fraction of sp³-hybridized carbons (Fsp3) is 1.00. The van der Waals surface area contributed by atoms with Crippen molar-refractivity contribution in [1.29, 1.82) is 0 Å². The first-order valence-corrected chi connectivity index (χ1v) is 4.40. The van der Waals surface area contributed by atoms with Gasteiger partial charge in [0.1, 0.15) is 0 Å². The van der Waals surface area contributed by atoms with Gasteiger partial charge in [-0.25, -0.2) is 0 Å². The predicted octanol–water partition coefficient (Wildman–Crippen LogP) is 2.17. The number of rotatable bonds is 4. The summed E-state index contributed by atoms with van der Waals surface area (Å²) in [7, 11) is 0.